The Morgan fingerprint density at radius 3 is 2.11 bits per heavy atom. The molecule has 28 heavy (non-hydrogen) atoms. The summed E-state index contributed by atoms with van der Waals surface area (Å²) in [4.78, 5) is 29.7. The molecule has 2 heterocycles. The largest absolute Gasteiger partial charge is 0.371 e. The fourth-order valence-electron chi connectivity index (χ4n) is 3.92. The minimum Gasteiger partial charge on any atom is -0.371 e. The van der Waals surface area contributed by atoms with E-state index in [1.807, 2.05) is 53.4 Å². The Morgan fingerprint density at radius 2 is 1.39 bits per heavy atom. The molecular weight excluding hydrogens is 352 g/mol. The Kier molecular flexibility index (Phi) is 5.46. The first kappa shape index (κ1) is 18.3. The molecule has 2 saturated heterocycles. The number of anilines is 3. The van der Waals surface area contributed by atoms with Crippen molar-refractivity contribution in [2.75, 3.05) is 41.7 Å². The molecule has 6 heteroatoms. The van der Waals surface area contributed by atoms with Crippen LogP contribution in [0.15, 0.2) is 48.5 Å². The Labute approximate surface area is 165 Å². The van der Waals surface area contributed by atoms with Gasteiger partial charge in [0.2, 0.25) is 0 Å². The highest BCUT2D eigenvalue weighted by Crippen LogP contribution is 2.29. The highest BCUT2D eigenvalue weighted by Gasteiger charge is 2.25. The standard InChI is InChI=1S/C22H26N4O2/c27-21(26-14-6-7-15-26)19-16-18(10-11-20(19)25-12-4-5-13-25)24-22(28)23-17-8-2-1-3-9-17/h1-3,8-11,16H,4-7,12-15H2,(H2,23,24,28). The van der Waals surface area contributed by atoms with E-state index in [1.54, 1.807) is 0 Å². The van der Waals surface area contributed by atoms with Gasteiger partial charge in [0.1, 0.15) is 0 Å². The lowest BCUT2D eigenvalue weighted by molar-refractivity contribution is 0.0793. The molecule has 2 aromatic carbocycles. The number of amides is 3. The van der Waals surface area contributed by atoms with Crippen molar-refractivity contribution >= 4 is 29.0 Å². The van der Waals surface area contributed by atoms with Crippen LogP contribution in [0, 0.1) is 0 Å². The zero-order chi connectivity index (χ0) is 19.3. The summed E-state index contributed by atoms with van der Waals surface area (Å²) in [5, 5.41) is 5.66. The van der Waals surface area contributed by atoms with Crippen molar-refractivity contribution in [2.24, 2.45) is 0 Å². The molecule has 6 nitrogen and oxygen atoms in total. The fourth-order valence-corrected chi connectivity index (χ4v) is 3.92. The van der Waals surface area contributed by atoms with E-state index in [0.717, 1.165) is 63.2 Å². The van der Waals surface area contributed by atoms with Crippen LogP contribution in [0.3, 0.4) is 0 Å². The molecule has 2 N–H and O–H groups in total. The minimum absolute atomic E-state index is 0.0616. The van der Waals surface area contributed by atoms with Crippen molar-refractivity contribution in [3.05, 3.63) is 54.1 Å². The smallest absolute Gasteiger partial charge is 0.323 e. The van der Waals surface area contributed by atoms with Gasteiger partial charge in [-0.3, -0.25) is 4.79 Å². The monoisotopic (exact) mass is 378 g/mol. The number of benzene rings is 2. The van der Waals surface area contributed by atoms with E-state index in [1.165, 1.54) is 0 Å². The van der Waals surface area contributed by atoms with Gasteiger partial charge in [-0.15, -0.1) is 0 Å². The number of hydrogen-bond donors (Lipinski definition) is 2. The molecule has 2 aromatic rings. The third kappa shape index (κ3) is 4.11. The Morgan fingerprint density at radius 1 is 0.750 bits per heavy atom. The molecule has 0 radical (unpaired) electrons. The number of carbonyl (C=O) groups is 2. The lowest BCUT2D eigenvalue weighted by atomic mass is 10.1. The number of nitrogens with one attached hydrogen (secondary N) is 2. The maximum atomic E-state index is 13.1. The van der Waals surface area contributed by atoms with Crippen LogP contribution in [0.4, 0.5) is 21.9 Å². The van der Waals surface area contributed by atoms with E-state index in [0.29, 0.717) is 11.3 Å². The number of para-hydroxylation sites is 1. The molecular formula is C22H26N4O2. The van der Waals surface area contributed by atoms with Gasteiger partial charge in [-0.1, -0.05) is 18.2 Å². The average Bonchev–Trinajstić information content (AvgIpc) is 3.42. The zero-order valence-corrected chi connectivity index (χ0v) is 16.0. The summed E-state index contributed by atoms with van der Waals surface area (Å²) in [6.07, 6.45) is 4.41. The Bertz CT molecular complexity index is 841. The Hall–Kier alpha value is -3.02. The van der Waals surface area contributed by atoms with Crippen LogP contribution in [0.1, 0.15) is 36.0 Å². The number of likely N-dealkylation sites (tertiary alicyclic amines) is 1. The van der Waals surface area contributed by atoms with Gasteiger partial charge >= 0.3 is 6.03 Å². The summed E-state index contributed by atoms with van der Waals surface area (Å²) in [6.45, 7) is 3.57. The third-order valence-electron chi connectivity index (χ3n) is 5.36. The minimum atomic E-state index is -0.320. The second-order valence-electron chi connectivity index (χ2n) is 7.37. The number of rotatable bonds is 4. The summed E-state index contributed by atoms with van der Waals surface area (Å²) < 4.78 is 0. The van der Waals surface area contributed by atoms with Crippen molar-refractivity contribution < 1.29 is 9.59 Å². The predicted molar refractivity (Wildman–Crippen MR) is 112 cm³/mol. The summed E-state index contributed by atoms with van der Waals surface area (Å²) in [5.74, 6) is 0.0616. The highest BCUT2D eigenvalue weighted by molar-refractivity contribution is 6.04. The van der Waals surface area contributed by atoms with Gasteiger partial charge in [0.25, 0.3) is 5.91 Å². The van der Waals surface area contributed by atoms with Crippen LogP contribution in [0.5, 0.6) is 0 Å². The molecule has 0 saturated carbocycles. The van der Waals surface area contributed by atoms with Gasteiger partial charge in [0, 0.05) is 43.2 Å². The quantitative estimate of drug-likeness (QED) is 0.839. The van der Waals surface area contributed by atoms with Gasteiger partial charge < -0.3 is 20.4 Å². The normalized spacial score (nSPS) is 16.3. The number of nitrogens with zero attached hydrogens (tertiary/aromatic N) is 2. The van der Waals surface area contributed by atoms with Crippen LogP contribution in [0.2, 0.25) is 0 Å². The van der Waals surface area contributed by atoms with Crippen LogP contribution in [0.25, 0.3) is 0 Å². The van der Waals surface area contributed by atoms with Crippen LogP contribution >= 0.6 is 0 Å². The number of urea groups is 1. The topological polar surface area (TPSA) is 64.7 Å². The molecule has 0 unspecified atom stereocenters. The summed E-state index contributed by atoms with van der Waals surface area (Å²) in [6, 6.07) is 14.6. The van der Waals surface area contributed by atoms with Crippen LogP contribution < -0.4 is 15.5 Å². The molecule has 0 aliphatic carbocycles. The van der Waals surface area contributed by atoms with Crippen molar-refractivity contribution in [2.45, 2.75) is 25.7 Å². The molecule has 0 spiro atoms. The zero-order valence-electron chi connectivity index (χ0n) is 16.0. The average molecular weight is 378 g/mol. The predicted octanol–water partition coefficient (Wildman–Crippen LogP) is 4.17. The van der Waals surface area contributed by atoms with E-state index in [-0.39, 0.29) is 11.9 Å². The third-order valence-corrected chi connectivity index (χ3v) is 5.36. The maximum absolute atomic E-state index is 13.1. The summed E-state index contributed by atoms with van der Waals surface area (Å²) in [5.41, 5.74) is 3.01. The van der Waals surface area contributed by atoms with E-state index in [9.17, 15) is 9.59 Å². The molecule has 2 fully saturated rings. The van der Waals surface area contributed by atoms with Crippen LogP contribution in [-0.2, 0) is 0 Å². The summed E-state index contributed by atoms with van der Waals surface area (Å²) in [7, 11) is 0. The fraction of sp³-hybridized carbons (Fsp3) is 0.364. The van der Waals surface area contributed by atoms with Crippen molar-refractivity contribution in [3.63, 3.8) is 0 Å². The van der Waals surface area contributed by atoms with Gasteiger partial charge in [-0.25, -0.2) is 4.79 Å². The summed E-state index contributed by atoms with van der Waals surface area (Å²) >= 11 is 0. The second kappa shape index (κ2) is 8.33. The van der Waals surface area contributed by atoms with Crippen molar-refractivity contribution in [3.8, 4) is 0 Å². The molecule has 146 valence electrons. The van der Waals surface area contributed by atoms with E-state index < -0.39 is 0 Å². The number of carbonyl (C=O) groups excluding carboxylic acids is 2. The van der Waals surface area contributed by atoms with Gasteiger partial charge in [0.05, 0.1) is 5.56 Å². The molecule has 2 aliphatic rings. The van der Waals surface area contributed by atoms with E-state index >= 15 is 0 Å². The Balaban J connectivity index is 1.55. The first-order chi connectivity index (χ1) is 13.7. The van der Waals surface area contributed by atoms with Gasteiger partial charge in [-0.2, -0.15) is 0 Å². The van der Waals surface area contributed by atoms with Gasteiger partial charge in [-0.05, 0) is 56.0 Å². The number of hydrogen-bond acceptors (Lipinski definition) is 3. The molecule has 4 rings (SSSR count). The maximum Gasteiger partial charge on any atom is 0.323 e. The second-order valence-corrected chi connectivity index (χ2v) is 7.37. The lowest BCUT2D eigenvalue weighted by Crippen LogP contribution is -2.30. The lowest BCUT2D eigenvalue weighted by Gasteiger charge is -2.24. The van der Waals surface area contributed by atoms with E-state index in [2.05, 4.69) is 15.5 Å². The van der Waals surface area contributed by atoms with Crippen molar-refractivity contribution in [1.82, 2.24) is 4.90 Å². The highest BCUT2D eigenvalue weighted by atomic mass is 16.2. The SMILES string of the molecule is O=C(Nc1ccccc1)Nc1ccc(N2CCCC2)c(C(=O)N2CCCC2)c1. The van der Waals surface area contributed by atoms with Gasteiger partial charge in [0.15, 0.2) is 0 Å². The van der Waals surface area contributed by atoms with Crippen LogP contribution in [-0.4, -0.2) is 43.0 Å². The molecule has 0 atom stereocenters. The van der Waals surface area contributed by atoms with E-state index in [4.69, 9.17) is 0 Å². The first-order valence-corrected chi connectivity index (χ1v) is 10.0. The van der Waals surface area contributed by atoms with Crippen molar-refractivity contribution in [1.29, 1.82) is 0 Å². The molecule has 2 aliphatic heterocycles. The molecule has 0 aromatic heterocycles. The molecule has 0 bridgehead atoms. The first-order valence-electron chi connectivity index (χ1n) is 10.0. The molecule has 3 amide bonds.